The fourth-order valence-electron chi connectivity index (χ4n) is 20.6. The van der Waals surface area contributed by atoms with Crippen molar-refractivity contribution in [3.63, 3.8) is 0 Å². The molecule has 0 atom stereocenters. The van der Waals surface area contributed by atoms with Crippen molar-refractivity contribution < 1.29 is 0 Å². The van der Waals surface area contributed by atoms with Crippen LogP contribution in [0.3, 0.4) is 0 Å². The summed E-state index contributed by atoms with van der Waals surface area (Å²) < 4.78 is 7.11. The van der Waals surface area contributed by atoms with Gasteiger partial charge in [0.15, 0.2) is 52.4 Å². The molecule has 28 rings (SSSR count). The van der Waals surface area contributed by atoms with Crippen molar-refractivity contribution >= 4 is 87.0 Å². The Morgan fingerprint density at radius 3 is 0.779 bits per heavy atom. The Morgan fingerprint density at radius 1 is 0.121 bits per heavy atom. The molecule has 149 heavy (non-hydrogen) atoms. The summed E-state index contributed by atoms with van der Waals surface area (Å²) in [7, 11) is 0. The standard InChI is InChI=1S/C53H34N4.C45H30N4.C39H26N4/c1-2-13-39(14-3-1)46-18-10-20-49-50(46)47-17-8-9-19-48(47)57(49)45-31-29-38(30-32-45)37-21-25-40(26-22-37)51-54-52(43-27-23-35-11-4-6-15-41(35)33-43)56-53(55-51)44-28-24-36-12-5-7-16-42(36)34-44;1-4-13-33(14-5-1)38-20-12-21-40-39-19-10-11-22-41(39)49(42(38)40)37-29-27-32(28-30-37)31-23-25-36(26-24-31)45-47-43(34-15-6-2-7-16-34)46-44(48-45)35-17-8-3-9-18-35;1-4-12-27(13-5-1)31-22-25-36-34(26-31)33-18-10-11-19-35(33)43(36)32-23-20-30(21-24-32)39-41-37(28-14-6-2-7-15-28)40-38(42-39)29-16-8-3-9-17-29/h1-34H;1-30H;1-26H. The summed E-state index contributed by atoms with van der Waals surface area (Å²) >= 11 is 0. The van der Waals surface area contributed by atoms with Crippen molar-refractivity contribution in [2.75, 3.05) is 0 Å². The molecule has 22 aromatic carbocycles. The summed E-state index contributed by atoms with van der Waals surface area (Å²) in [5.41, 5.74) is 30.9. The lowest BCUT2D eigenvalue weighted by Gasteiger charge is -2.13. The maximum absolute atomic E-state index is 5.06. The molecule has 0 bridgehead atoms. The molecule has 6 heterocycles. The highest BCUT2D eigenvalue weighted by atomic mass is 15.1. The number of aromatic nitrogens is 12. The number of hydrogen-bond acceptors (Lipinski definition) is 9. The van der Waals surface area contributed by atoms with Crippen molar-refractivity contribution in [1.29, 1.82) is 0 Å². The zero-order valence-corrected chi connectivity index (χ0v) is 80.8. The maximum Gasteiger partial charge on any atom is 0.164 e. The molecular weight excluding hydrogens is 1810 g/mol. The predicted octanol–water partition coefficient (Wildman–Crippen LogP) is 34.6. The molecule has 28 aromatic rings. The molecule has 0 aliphatic carbocycles. The fourth-order valence-corrected chi connectivity index (χ4v) is 20.6. The normalized spacial score (nSPS) is 11.4. The SMILES string of the molecule is c1ccc(-c2ccc3c(c2)c2ccccc2n3-c2ccc(-c3nc(-c4ccccc4)nc(-c4ccccc4)n3)cc2)cc1.c1ccc(-c2cccc3c2c2ccccc2n3-c2ccc(-c3ccc(-c4nc(-c5ccc6ccccc6c5)nc(-c5ccc6ccccc6c5)n4)cc3)cc2)cc1.c1ccc(-c2nc(-c3ccccc3)nc(-c3ccc(-c4ccc(-n5c6ccccc6c6cccc(-c7ccccc7)c65)cc4)cc3)n2)cc1. The molecular formula is C137H90N12. The maximum atomic E-state index is 5.06. The molecule has 0 saturated heterocycles. The minimum Gasteiger partial charge on any atom is -0.309 e. The number of fused-ring (bicyclic) bond motifs is 11. The van der Waals surface area contributed by atoms with Gasteiger partial charge in [-0.05, 0) is 169 Å². The zero-order chi connectivity index (χ0) is 98.9. The van der Waals surface area contributed by atoms with E-state index in [-0.39, 0.29) is 0 Å². The summed E-state index contributed by atoms with van der Waals surface area (Å²) in [5.74, 6) is 5.86. The first kappa shape index (κ1) is 88.9. The van der Waals surface area contributed by atoms with Crippen LogP contribution in [0.15, 0.2) is 546 Å². The minimum absolute atomic E-state index is 0.638. The van der Waals surface area contributed by atoms with Gasteiger partial charge >= 0.3 is 0 Å². The van der Waals surface area contributed by atoms with E-state index in [0.29, 0.717) is 52.4 Å². The summed E-state index contributed by atoms with van der Waals surface area (Å²) in [4.78, 5) is 44.4. The van der Waals surface area contributed by atoms with Gasteiger partial charge in [0, 0.05) is 105 Å². The van der Waals surface area contributed by atoms with Crippen LogP contribution >= 0.6 is 0 Å². The van der Waals surface area contributed by atoms with Gasteiger partial charge in [0.1, 0.15) is 0 Å². The second kappa shape index (κ2) is 39.2. The van der Waals surface area contributed by atoms with Gasteiger partial charge in [-0.25, -0.2) is 44.9 Å². The first-order valence-corrected chi connectivity index (χ1v) is 50.1. The molecule has 0 amide bonds. The molecule has 0 saturated carbocycles. The Morgan fingerprint density at radius 2 is 0.362 bits per heavy atom. The Bertz CT molecular complexity index is 9610. The fraction of sp³-hybridized carbons (Fsp3) is 0. The van der Waals surface area contributed by atoms with E-state index in [2.05, 4.69) is 438 Å². The molecule has 0 fully saturated rings. The third kappa shape index (κ3) is 17.5. The van der Waals surface area contributed by atoms with Crippen LogP contribution in [0.2, 0.25) is 0 Å². The van der Waals surface area contributed by atoms with Gasteiger partial charge in [0.05, 0.1) is 33.1 Å². The minimum atomic E-state index is 0.638. The van der Waals surface area contributed by atoms with Crippen LogP contribution in [0.25, 0.3) is 262 Å². The molecule has 0 aliphatic rings. The number of benzene rings is 22. The predicted molar refractivity (Wildman–Crippen MR) is 614 cm³/mol. The van der Waals surface area contributed by atoms with Gasteiger partial charge in [-0.1, -0.05) is 449 Å². The van der Waals surface area contributed by atoms with Gasteiger partial charge in [0.25, 0.3) is 0 Å². The third-order valence-corrected chi connectivity index (χ3v) is 28.0. The first-order valence-electron chi connectivity index (χ1n) is 50.1. The van der Waals surface area contributed by atoms with Crippen LogP contribution in [0.1, 0.15) is 0 Å². The number of rotatable bonds is 17. The zero-order valence-electron chi connectivity index (χ0n) is 80.8. The largest absolute Gasteiger partial charge is 0.309 e. The van der Waals surface area contributed by atoms with Gasteiger partial charge in [-0.2, -0.15) is 0 Å². The lowest BCUT2D eigenvalue weighted by atomic mass is 9.99. The summed E-state index contributed by atoms with van der Waals surface area (Å²) in [6, 6.07) is 191. The Labute approximate surface area is 860 Å². The number of nitrogens with zero attached hydrogens (tertiary/aromatic N) is 12. The van der Waals surface area contributed by atoms with Crippen LogP contribution in [0, 0.1) is 0 Å². The lowest BCUT2D eigenvalue weighted by molar-refractivity contribution is 1.07. The quantitative estimate of drug-likeness (QED) is 0.0874. The smallest absolute Gasteiger partial charge is 0.164 e. The number of para-hydroxylation sites is 4. The Hall–Kier alpha value is -20.2. The molecule has 0 spiro atoms. The second-order valence-corrected chi connectivity index (χ2v) is 37.1. The van der Waals surface area contributed by atoms with Crippen molar-refractivity contribution in [1.82, 2.24) is 58.6 Å². The van der Waals surface area contributed by atoms with Crippen LogP contribution < -0.4 is 0 Å². The van der Waals surface area contributed by atoms with Gasteiger partial charge in [-0.15, -0.1) is 0 Å². The van der Waals surface area contributed by atoms with E-state index >= 15 is 0 Å². The summed E-state index contributed by atoms with van der Waals surface area (Å²) in [5, 5.41) is 12.1. The van der Waals surface area contributed by atoms with Crippen molar-refractivity contribution in [3.8, 4) is 175 Å². The average molecular weight is 1900 g/mol. The van der Waals surface area contributed by atoms with Crippen molar-refractivity contribution in [2.24, 2.45) is 0 Å². The molecule has 0 aliphatic heterocycles. The van der Waals surface area contributed by atoms with Crippen LogP contribution in [0.4, 0.5) is 0 Å². The van der Waals surface area contributed by atoms with Gasteiger partial charge in [0.2, 0.25) is 0 Å². The van der Waals surface area contributed by atoms with E-state index in [9.17, 15) is 0 Å². The first-order chi connectivity index (χ1) is 73.8. The van der Waals surface area contributed by atoms with E-state index in [1.807, 2.05) is 121 Å². The van der Waals surface area contributed by atoms with Crippen LogP contribution in [0.5, 0.6) is 0 Å². The molecule has 0 N–H and O–H groups in total. The van der Waals surface area contributed by atoms with Gasteiger partial charge in [-0.3, -0.25) is 0 Å². The van der Waals surface area contributed by atoms with E-state index in [1.165, 1.54) is 110 Å². The van der Waals surface area contributed by atoms with Crippen LogP contribution in [-0.2, 0) is 0 Å². The van der Waals surface area contributed by atoms with Gasteiger partial charge < -0.3 is 13.7 Å². The highest BCUT2D eigenvalue weighted by Gasteiger charge is 2.24. The van der Waals surface area contributed by atoms with E-state index in [1.54, 1.807) is 0 Å². The molecule has 6 aromatic heterocycles. The third-order valence-electron chi connectivity index (χ3n) is 28.0. The highest BCUT2D eigenvalue weighted by molar-refractivity contribution is 6.17. The van der Waals surface area contributed by atoms with Crippen molar-refractivity contribution in [3.05, 3.63) is 546 Å². The van der Waals surface area contributed by atoms with E-state index < -0.39 is 0 Å². The Balaban J connectivity index is 0.000000114. The van der Waals surface area contributed by atoms with Crippen LogP contribution in [-0.4, -0.2) is 58.6 Å². The number of hydrogen-bond donors (Lipinski definition) is 0. The van der Waals surface area contributed by atoms with E-state index in [4.69, 9.17) is 44.9 Å². The Kier molecular flexibility index (Phi) is 23.4. The van der Waals surface area contributed by atoms with Crippen molar-refractivity contribution in [2.45, 2.75) is 0 Å². The second-order valence-electron chi connectivity index (χ2n) is 37.1. The topological polar surface area (TPSA) is 131 Å². The molecule has 12 heteroatoms. The van der Waals surface area contributed by atoms with E-state index in [0.717, 1.165) is 100 Å². The lowest BCUT2D eigenvalue weighted by Crippen LogP contribution is -2.00. The molecule has 12 nitrogen and oxygen atoms in total. The molecule has 698 valence electrons. The average Bonchev–Trinajstić information content (AvgIpc) is 1.59. The molecule has 0 unspecified atom stereocenters. The monoisotopic (exact) mass is 1900 g/mol. The highest BCUT2D eigenvalue weighted by Crippen LogP contribution is 2.44. The summed E-state index contributed by atoms with van der Waals surface area (Å²) in [6.45, 7) is 0. The summed E-state index contributed by atoms with van der Waals surface area (Å²) in [6.07, 6.45) is 0. The molecule has 0 radical (unpaired) electrons.